The summed E-state index contributed by atoms with van der Waals surface area (Å²) in [6.07, 6.45) is -1.62. The number of halogens is 3. The number of carbonyl (C=O) groups is 1. The number of nitrogens with two attached hydrogens (primary N) is 1. The van der Waals surface area contributed by atoms with Crippen molar-refractivity contribution in [2.75, 3.05) is 11.1 Å². The minimum atomic E-state index is -4.52. The van der Waals surface area contributed by atoms with Crippen LogP contribution in [0, 0.1) is 6.92 Å². The molecule has 9 heteroatoms. The van der Waals surface area contributed by atoms with E-state index in [0.29, 0.717) is 22.9 Å². The van der Waals surface area contributed by atoms with Gasteiger partial charge in [0.15, 0.2) is 0 Å². The van der Waals surface area contributed by atoms with Gasteiger partial charge >= 0.3 is 6.18 Å². The van der Waals surface area contributed by atoms with Crippen molar-refractivity contribution in [2.24, 2.45) is 0 Å². The molecule has 150 valence electrons. The number of hydrogen-bond acceptors (Lipinski definition) is 5. The number of nitrogens with one attached hydrogen (secondary N) is 1. The molecule has 0 spiro atoms. The fraction of sp³-hybridized carbons (Fsp3) is 0.150. The van der Waals surface area contributed by atoms with Crippen LogP contribution in [0.1, 0.15) is 27.2 Å². The van der Waals surface area contributed by atoms with Gasteiger partial charge in [0, 0.05) is 17.3 Å². The number of ether oxygens (including phenoxy) is 1. The Morgan fingerprint density at radius 2 is 1.93 bits per heavy atom. The van der Waals surface area contributed by atoms with Crippen LogP contribution in [0.4, 0.5) is 24.7 Å². The van der Waals surface area contributed by atoms with Gasteiger partial charge in [0.1, 0.15) is 18.2 Å². The first-order valence-electron chi connectivity index (χ1n) is 8.51. The molecular formula is C20H17F3N4O2. The van der Waals surface area contributed by atoms with Crippen LogP contribution in [0.2, 0.25) is 0 Å². The normalized spacial score (nSPS) is 11.2. The van der Waals surface area contributed by atoms with E-state index >= 15 is 0 Å². The predicted octanol–water partition coefficient (Wildman–Crippen LogP) is 4.22. The molecule has 0 atom stereocenters. The Kier molecular flexibility index (Phi) is 5.67. The zero-order chi connectivity index (χ0) is 21.0. The molecule has 0 unspecified atom stereocenters. The van der Waals surface area contributed by atoms with E-state index < -0.39 is 17.6 Å². The Labute approximate surface area is 164 Å². The predicted molar refractivity (Wildman–Crippen MR) is 101 cm³/mol. The lowest BCUT2D eigenvalue weighted by Gasteiger charge is -2.12. The summed E-state index contributed by atoms with van der Waals surface area (Å²) in [4.78, 5) is 20.4. The topological polar surface area (TPSA) is 90.1 Å². The van der Waals surface area contributed by atoms with Gasteiger partial charge in [0.2, 0.25) is 0 Å². The van der Waals surface area contributed by atoms with Crippen LogP contribution < -0.4 is 15.8 Å². The molecule has 3 aromatic rings. The van der Waals surface area contributed by atoms with Gasteiger partial charge in [-0.2, -0.15) is 13.2 Å². The lowest BCUT2D eigenvalue weighted by Crippen LogP contribution is -2.14. The molecule has 1 heterocycles. The van der Waals surface area contributed by atoms with Crippen molar-refractivity contribution >= 4 is 17.4 Å². The van der Waals surface area contributed by atoms with Gasteiger partial charge in [0.05, 0.1) is 23.7 Å². The van der Waals surface area contributed by atoms with Gasteiger partial charge in [-0.25, -0.2) is 4.98 Å². The second-order valence-corrected chi connectivity index (χ2v) is 6.23. The van der Waals surface area contributed by atoms with Crippen molar-refractivity contribution in [3.05, 3.63) is 77.2 Å². The molecule has 0 saturated carbocycles. The number of amides is 1. The van der Waals surface area contributed by atoms with Gasteiger partial charge in [-0.05, 0) is 36.8 Å². The summed E-state index contributed by atoms with van der Waals surface area (Å²) in [6.45, 7) is 1.96. The summed E-state index contributed by atoms with van der Waals surface area (Å²) in [5, 5.41) is 2.58. The largest absolute Gasteiger partial charge is 0.487 e. The van der Waals surface area contributed by atoms with E-state index in [4.69, 9.17) is 10.5 Å². The first-order valence-corrected chi connectivity index (χ1v) is 8.51. The Morgan fingerprint density at radius 1 is 1.14 bits per heavy atom. The van der Waals surface area contributed by atoms with E-state index in [1.54, 1.807) is 18.2 Å². The number of anilines is 2. The van der Waals surface area contributed by atoms with Crippen LogP contribution in [0.15, 0.2) is 54.9 Å². The fourth-order valence-corrected chi connectivity index (χ4v) is 2.46. The van der Waals surface area contributed by atoms with E-state index in [1.165, 1.54) is 24.5 Å². The SMILES string of the molecule is Cc1ccc(NC(=O)c2cccc(C(F)(F)F)c2)cc1OCc1cnc(N)cn1. The van der Waals surface area contributed by atoms with Crippen molar-refractivity contribution in [2.45, 2.75) is 19.7 Å². The van der Waals surface area contributed by atoms with Crippen molar-refractivity contribution in [1.29, 1.82) is 0 Å². The van der Waals surface area contributed by atoms with E-state index in [9.17, 15) is 18.0 Å². The number of rotatable bonds is 5. The standard InChI is InChI=1S/C20H17F3N4O2/c1-12-5-6-15(8-17(12)29-11-16-9-26-18(24)10-25-16)27-19(28)13-3-2-4-14(7-13)20(21,22)23/h2-10H,11H2,1H3,(H2,24,26)(H,27,28). The number of nitrogens with zero attached hydrogens (tertiary/aromatic N) is 2. The van der Waals surface area contributed by atoms with Crippen LogP contribution in [0.3, 0.4) is 0 Å². The maximum Gasteiger partial charge on any atom is 0.416 e. The van der Waals surface area contributed by atoms with Crippen LogP contribution in [0.25, 0.3) is 0 Å². The molecule has 1 aromatic heterocycles. The summed E-state index contributed by atoms with van der Waals surface area (Å²) in [5.74, 6) is 0.130. The summed E-state index contributed by atoms with van der Waals surface area (Å²) < 4.78 is 44.2. The summed E-state index contributed by atoms with van der Waals surface area (Å²) in [5.41, 5.74) is 6.27. The molecule has 1 amide bonds. The zero-order valence-electron chi connectivity index (χ0n) is 15.3. The molecule has 0 aliphatic rings. The number of nitrogen functional groups attached to an aromatic ring is 1. The van der Waals surface area contributed by atoms with Crippen LogP contribution in [-0.2, 0) is 12.8 Å². The third-order valence-corrected chi connectivity index (χ3v) is 4.00. The lowest BCUT2D eigenvalue weighted by atomic mass is 10.1. The summed E-state index contributed by atoms with van der Waals surface area (Å²) in [7, 11) is 0. The smallest absolute Gasteiger partial charge is 0.416 e. The molecule has 0 radical (unpaired) electrons. The van der Waals surface area contributed by atoms with Gasteiger partial charge in [-0.15, -0.1) is 0 Å². The molecule has 3 rings (SSSR count). The van der Waals surface area contributed by atoms with Crippen molar-refractivity contribution < 1.29 is 22.7 Å². The highest BCUT2D eigenvalue weighted by molar-refractivity contribution is 6.04. The van der Waals surface area contributed by atoms with Gasteiger partial charge in [-0.1, -0.05) is 12.1 Å². The first-order chi connectivity index (χ1) is 13.7. The molecule has 29 heavy (non-hydrogen) atoms. The zero-order valence-corrected chi connectivity index (χ0v) is 15.3. The van der Waals surface area contributed by atoms with Crippen LogP contribution in [0.5, 0.6) is 5.75 Å². The molecule has 0 aliphatic heterocycles. The molecule has 0 fully saturated rings. The molecule has 2 aromatic carbocycles. The first kappa shape index (κ1) is 20.1. The molecule has 3 N–H and O–H groups in total. The number of benzene rings is 2. The number of aromatic nitrogens is 2. The second-order valence-electron chi connectivity index (χ2n) is 6.23. The molecule has 0 bridgehead atoms. The van der Waals surface area contributed by atoms with Gasteiger partial charge in [0.25, 0.3) is 5.91 Å². The second kappa shape index (κ2) is 8.17. The summed E-state index contributed by atoms with van der Waals surface area (Å²) >= 11 is 0. The highest BCUT2D eigenvalue weighted by Gasteiger charge is 2.30. The monoisotopic (exact) mass is 402 g/mol. The number of hydrogen-bond donors (Lipinski definition) is 2. The van der Waals surface area contributed by atoms with Crippen molar-refractivity contribution in [3.8, 4) is 5.75 Å². The Morgan fingerprint density at radius 3 is 2.62 bits per heavy atom. The highest BCUT2D eigenvalue weighted by atomic mass is 19.4. The third-order valence-electron chi connectivity index (χ3n) is 4.00. The van der Waals surface area contributed by atoms with Crippen LogP contribution in [-0.4, -0.2) is 15.9 Å². The quantitative estimate of drug-likeness (QED) is 0.667. The Hall–Kier alpha value is -3.62. The maximum atomic E-state index is 12.8. The van der Waals surface area contributed by atoms with E-state index in [-0.39, 0.29) is 12.2 Å². The van der Waals surface area contributed by atoms with Gasteiger partial charge < -0.3 is 15.8 Å². The third kappa shape index (κ3) is 5.22. The molecule has 0 saturated heterocycles. The van der Waals surface area contributed by atoms with Crippen molar-refractivity contribution in [3.63, 3.8) is 0 Å². The Bertz CT molecular complexity index is 1020. The molecule has 6 nitrogen and oxygen atoms in total. The summed E-state index contributed by atoms with van der Waals surface area (Å²) in [6, 6.07) is 9.18. The number of aryl methyl sites for hydroxylation is 1. The van der Waals surface area contributed by atoms with E-state index in [2.05, 4.69) is 15.3 Å². The minimum Gasteiger partial charge on any atom is -0.487 e. The van der Waals surface area contributed by atoms with Gasteiger partial charge in [-0.3, -0.25) is 9.78 Å². The maximum absolute atomic E-state index is 12.8. The molecule has 0 aliphatic carbocycles. The Balaban J connectivity index is 1.72. The highest BCUT2D eigenvalue weighted by Crippen LogP contribution is 2.30. The van der Waals surface area contributed by atoms with E-state index in [0.717, 1.165) is 17.7 Å². The van der Waals surface area contributed by atoms with E-state index in [1.807, 2.05) is 6.92 Å². The fourth-order valence-electron chi connectivity index (χ4n) is 2.46. The average molecular weight is 402 g/mol. The molecular weight excluding hydrogens is 385 g/mol. The average Bonchev–Trinajstić information content (AvgIpc) is 2.69. The number of alkyl halides is 3. The minimum absolute atomic E-state index is 0.0972. The lowest BCUT2D eigenvalue weighted by molar-refractivity contribution is -0.137. The van der Waals surface area contributed by atoms with Crippen molar-refractivity contribution in [1.82, 2.24) is 9.97 Å². The number of carbonyl (C=O) groups excluding carboxylic acids is 1. The van der Waals surface area contributed by atoms with Crippen LogP contribution >= 0.6 is 0 Å².